The molecule has 0 aliphatic heterocycles. The summed E-state index contributed by atoms with van der Waals surface area (Å²) in [5.41, 5.74) is 1.37. The van der Waals surface area contributed by atoms with Gasteiger partial charge in [-0.05, 0) is 11.8 Å². The first kappa shape index (κ1) is 13.8. The Bertz CT molecular complexity index is 577. The average molecular weight is 294 g/mol. The highest BCUT2D eigenvalue weighted by atomic mass is 35.5. The van der Waals surface area contributed by atoms with Crippen molar-refractivity contribution < 1.29 is 4.79 Å². The maximum atomic E-state index is 11.9. The molecule has 0 aliphatic rings. The minimum absolute atomic E-state index is 0.145. The molecule has 1 N–H and O–H groups in total. The molecule has 0 radical (unpaired) electrons. The van der Waals surface area contributed by atoms with Crippen LogP contribution in [0.25, 0.3) is 0 Å². The molecule has 0 fully saturated rings. The lowest BCUT2D eigenvalue weighted by Gasteiger charge is -2.07. The zero-order valence-electron chi connectivity index (χ0n) is 10.3. The Hall–Kier alpha value is -1.59. The Morgan fingerprint density at radius 2 is 2.11 bits per heavy atom. The van der Waals surface area contributed by atoms with Gasteiger partial charge in [0.25, 0.3) is 0 Å². The van der Waals surface area contributed by atoms with E-state index in [1.165, 1.54) is 18.0 Å². The Morgan fingerprint density at radius 3 is 2.74 bits per heavy atom. The van der Waals surface area contributed by atoms with Crippen molar-refractivity contribution in [1.82, 2.24) is 9.97 Å². The van der Waals surface area contributed by atoms with Crippen LogP contribution in [-0.2, 0) is 11.2 Å². The first-order chi connectivity index (χ1) is 9.19. The molecule has 98 valence electrons. The van der Waals surface area contributed by atoms with Gasteiger partial charge >= 0.3 is 0 Å². The largest absolute Gasteiger partial charge is 0.322 e. The number of hydrogen-bond acceptors (Lipinski definition) is 4. The third-order valence-corrected chi connectivity index (χ3v) is 3.23. The lowest BCUT2D eigenvalue weighted by molar-refractivity contribution is -0.115. The molecule has 1 heterocycles. The van der Waals surface area contributed by atoms with E-state index in [2.05, 4.69) is 15.3 Å². The van der Waals surface area contributed by atoms with Crippen LogP contribution >= 0.6 is 23.4 Å². The molecule has 2 aromatic rings. The number of benzene rings is 1. The zero-order valence-corrected chi connectivity index (χ0v) is 11.8. The smallest absolute Gasteiger partial charge is 0.228 e. The van der Waals surface area contributed by atoms with E-state index >= 15 is 0 Å². The number of anilines is 1. The van der Waals surface area contributed by atoms with Gasteiger partial charge in [-0.15, -0.1) is 0 Å². The predicted octanol–water partition coefficient (Wildman–Crippen LogP) is 3.03. The van der Waals surface area contributed by atoms with E-state index in [1.54, 1.807) is 0 Å². The highest BCUT2D eigenvalue weighted by molar-refractivity contribution is 7.98. The van der Waals surface area contributed by atoms with Crippen LogP contribution in [0, 0.1) is 0 Å². The van der Waals surface area contributed by atoms with Crippen molar-refractivity contribution in [3.05, 3.63) is 47.2 Å². The number of nitrogens with zero attached hydrogens (tertiary/aromatic N) is 2. The fourth-order valence-electron chi connectivity index (χ4n) is 1.50. The van der Waals surface area contributed by atoms with Crippen LogP contribution in [0.1, 0.15) is 5.56 Å². The van der Waals surface area contributed by atoms with Gasteiger partial charge in [-0.3, -0.25) is 4.79 Å². The molecule has 1 amide bonds. The standard InChI is InChI=1S/C13H12ClN3OS/c1-19-13-15-8-10(12(14)17-13)16-11(18)7-9-5-3-2-4-6-9/h2-6,8H,7H2,1H3,(H,16,18). The summed E-state index contributed by atoms with van der Waals surface area (Å²) in [5.74, 6) is -0.145. The molecule has 0 saturated carbocycles. The van der Waals surface area contributed by atoms with Crippen LogP contribution in [0.2, 0.25) is 5.15 Å². The van der Waals surface area contributed by atoms with E-state index in [0.29, 0.717) is 17.3 Å². The molecule has 1 aromatic carbocycles. The third kappa shape index (κ3) is 3.94. The molecule has 0 spiro atoms. The van der Waals surface area contributed by atoms with Crippen molar-refractivity contribution in [2.45, 2.75) is 11.6 Å². The highest BCUT2D eigenvalue weighted by Gasteiger charge is 2.09. The number of aromatic nitrogens is 2. The van der Waals surface area contributed by atoms with Gasteiger partial charge in [0.2, 0.25) is 5.91 Å². The Morgan fingerprint density at radius 1 is 1.37 bits per heavy atom. The summed E-state index contributed by atoms with van der Waals surface area (Å²) in [7, 11) is 0. The summed E-state index contributed by atoms with van der Waals surface area (Å²) in [4.78, 5) is 20.0. The number of rotatable bonds is 4. The number of thioether (sulfide) groups is 1. The molecule has 0 aliphatic carbocycles. The van der Waals surface area contributed by atoms with E-state index < -0.39 is 0 Å². The Balaban J connectivity index is 2.03. The van der Waals surface area contributed by atoms with Crippen LogP contribution < -0.4 is 5.32 Å². The van der Waals surface area contributed by atoms with Crippen LogP contribution in [0.3, 0.4) is 0 Å². The molecule has 0 bridgehead atoms. The van der Waals surface area contributed by atoms with Crippen LogP contribution in [0.15, 0.2) is 41.7 Å². The van der Waals surface area contributed by atoms with Gasteiger partial charge in [0.05, 0.1) is 18.3 Å². The third-order valence-electron chi connectivity index (χ3n) is 2.38. The zero-order chi connectivity index (χ0) is 13.7. The maximum absolute atomic E-state index is 11.9. The maximum Gasteiger partial charge on any atom is 0.228 e. The Kier molecular flexibility index (Phi) is 4.76. The molecule has 6 heteroatoms. The van der Waals surface area contributed by atoms with Crippen molar-refractivity contribution in [2.75, 3.05) is 11.6 Å². The molecule has 1 aromatic heterocycles. The van der Waals surface area contributed by atoms with E-state index in [1.807, 2.05) is 36.6 Å². The molecule has 4 nitrogen and oxygen atoms in total. The number of hydrogen-bond donors (Lipinski definition) is 1. The SMILES string of the molecule is CSc1ncc(NC(=O)Cc2ccccc2)c(Cl)n1. The quantitative estimate of drug-likeness (QED) is 0.535. The monoisotopic (exact) mass is 293 g/mol. The van der Waals surface area contributed by atoms with Crippen molar-refractivity contribution in [3.8, 4) is 0 Å². The topological polar surface area (TPSA) is 54.9 Å². The van der Waals surface area contributed by atoms with E-state index in [4.69, 9.17) is 11.6 Å². The summed E-state index contributed by atoms with van der Waals surface area (Å²) in [6.07, 6.45) is 3.67. The van der Waals surface area contributed by atoms with Crippen molar-refractivity contribution in [3.63, 3.8) is 0 Å². The number of amides is 1. The number of nitrogens with one attached hydrogen (secondary N) is 1. The van der Waals surface area contributed by atoms with E-state index in [9.17, 15) is 4.79 Å². The van der Waals surface area contributed by atoms with Gasteiger partial charge in [0, 0.05) is 0 Å². The molecule has 2 rings (SSSR count). The number of carbonyl (C=O) groups is 1. The molecular weight excluding hydrogens is 282 g/mol. The van der Waals surface area contributed by atoms with E-state index in [0.717, 1.165) is 5.56 Å². The highest BCUT2D eigenvalue weighted by Crippen LogP contribution is 2.21. The second-order valence-electron chi connectivity index (χ2n) is 3.77. The summed E-state index contributed by atoms with van der Waals surface area (Å²) in [6, 6.07) is 9.49. The summed E-state index contributed by atoms with van der Waals surface area (Å²) < 4.78 is 0. The minimum atomic E-state index is -0.145. The van der Waals surface area contributed by atoms with Crippen LogP contribution in [0.4, 0.5) is 5.69 Å². The Labute approximate surface area is 120 Å². The van der Waals surface area contributed by atoms with Crippen molar-refractivity contribution in [1.29, 1.82) is 0 Å². The van der Waals surface area contributed by atoms with Crippen molar-refractivity contribution >= 4 is 35.0 Å². The summed E-state index contributed by atoms with van der Waals surface area (Å²) in [6.45, 7) is 0. The fraction of sp³-hybridized carbons (Fsp3) is 0.154. The minimum Gasteiger partial charge on any atom is -0.322 e. The second-order valence-corrected chi connectivity index (χ2v) is 4.90. The molecular formula is C13H12ClN3OS. The van der Waals surface area contributed by atoms with Crippen molar-refractivity contribution in [2.24, 2.45) is 0 Å². The molecule has 0 atom stereocenters. The fourth-order valence-corrected chi connectivity index (χ4v) is 2.07. The molecule has 0 unspecified atom stereocenters. The van der Waals surface area contributed by atoms with Gasteiger partial charge in [-0.25, -0.2) is 9.97 Å². The van der Waals surface area contributed by atoms with Gasteiger partial charge in [-0.2, -0.15) is 0 Å². The normalized spacial score (nSPS) is 10.2. The lowest BCUT2D eigenvalue weighted by atomic mass is 10.1. The van der Waals surface area contributed by atoms with Gasteiger partial charge in [0.15, 0.2) is 10.3 Å². The molecule has 19 heavy (non-hydrogen) atoms. The number of carbonyl (C=O) groups excluding carboxylic acids is 1. The van der Waals surface area contributed by atoms with Gasteiger partial charge in [0.1, 0.15) is 0 Å². The first-order valence-corrected chi connectivity index (χ1v) is 7.19. The second kappa shape index (κ2) is 6.54. The van der Waals surface area contributed by atoms with E-state index in [-0.39, 0.29) is 11.1 Å². The predicted molar refractivity (Wildman–Crippen MR) is 77.6 cm³/mol. The van der Waals surface area contributed by atoms with Gasteiger partial charge in [-0.1, -0.05) is 53.7 Å². The molecule has 0 saturated heterocycles. The van der Waals surface area contributed by atoms with Gasteiger partial charge < -0.3 is 5.32 Å². The first-order valence-electron chi connectivity index (χ1n) is 5.59. The van der Waals surface area contributed by atoms with Crippen LogP contribution in [0.5, 0.6) is 0 Å². The van der Waals surface area contributed by atoms with Crippen LogP contribution in [-0.4, -0.2) is 22.1 Å². The number of halogens is 1. The lowest BCUT2D eigenvalue weighted by Crippen LogP contribution is -2.15. The summed E-state index contributed by atoms with van der Waals surface area (Å²) in [5, 5.41) is 3.53. The summed E-state index contributed by atoms with van der Waals surface area (Å²) >= 11 is 7.37. The average Bonchev–Trinajstić information content (AvgIpc) is 2.42.